The molecule has 4 rings (SSSR count). The molecular formula is C15H12N4O. The molecule has 0 radical (unpaired) electrons. The molecule has 1 N–H and O–H groups in total. The van der Waals surface area contributed by atoms with Crippen LogP contribution in [0.5, 0.6) is 0 Å². The Labute approximate surface area is 114 Å². The van der Waals surface area contributed by atoms with Crippen molar-refractivity contribution in [1.82, 2.24) is 14.8 Å². The highest BCUT2D eigenvalue weighted by molar-refractivity contribution is 6.06. The minimum Gasteiger partial charge on any atom is -0.387 e. The molecule has 2 aromatic heterocycles. The van der Waals surface area contributed by atoms with E-state index in [0.29, 0.717) is 10.8 Å². The topological polar surface area (TPSA) is 59.3 Å². The first-order valence-corrected chi connectivity index (χ1v) is 6.42. The number of hydrogen-bond acceptors (Lipinski definition) is 4. The number of aromatic nitrogens is 3. The van der Waals surface area contributed by atoms with Gasteiger partial charge in [0, 0.05) is 18.1 Å². The van der Waals surface area contributed by atoms with Gasteiger partial charge in [-0.3, -0.25) is 4.79 Å². The highest BCUT2D eigenvalue weighted by Gasteiger charge is 2.16. The smallest absolute Gasteiger partial charge is 0.199 e. The highest BCUT2D eigenvalue weighted by Crippen LogP contribution is 2.27. The van der Waals surface area contributed by atoms with E-state index in [4.69, 9.17) is 0 Å². The van der Waals surface area contributed by atoms with Gasteiger partial charge < -0.3 is 5.32 Å². The number of benzene rings is 2. The van der Waals surface area contributed by atoms with Gasteiger partial charge in [-0.1, -0.05) is 16.8 Å². The number of nitrogens with one attached hydrogen (secondary N) is 1. The lowest BCUT2D eigenvalue weighted by atomic mass is 10.1. The molecule has 20 heavy (non-hydrogen) atoms. The van der Waals surface area contributed by atoms with E-state index in [2.05, 4.69) is 15.6 Å². The van der Waals surface area contributed by atoms with E-state index < -0.39 is 0 Å². The fraction of sp³-hybridized carbons (Fsp3) is 0.133. The van der Waals surface area contributed by atoms with Gasteiger partial charge in [0.15, 0.2) is 5.43 Å². The summed E-state index contributed by atoms with van der Waals surface area (Å²) >= 11 is 0. The summed E-state index contributed by atoms with van der Waals surface area (Å²) in [5.41, 5.74) is 4.19. The van der Waals surface area contributed by atoms with Crippen LogP contribution in [0.1, 0.15) is 5.56 Å². The van der Waals surface area contributed by atoms with Crippen LogP contribution < -0.4 is 10.7 Å². The summed E-state index contributed by atoms with van der Waals surface area (Å²) in [6, 6.07) is 9.55. The standard InChI is InChI=1S/C15H12N4O/c1-8-3-6-12-9(7-8)15(20)13-10(16-2)4-5-11-14(13)19(12)18-17-11/h3-7,16H,1-2H3. The monoisotopic (exact) mass is 264 g/mol. The number of aryl methyl sites for hydroxylation is 1. The maximum absolute atomic E-state index is 12.8. The highest BCUT2D eigenvalue weighted by atomic mass is 16.1. The van der Waals surface area contributed by atoms with Crippen molar-refractivity contribution in [3.8, 4) is 0 Å². The molecule has 98 valence electrons. The van der Waals surface area contributed by atoms with Crippen molar-refractivity contribution < 1.29 is 0 Å². The first-order chi connectivity index (χ1) is 9.70. The fourth-order valence-electron chi connectivity index (χ4n) is 2.77. The van der Waals surface area contributed by atoms with Crippen LogP contribution in [0, 0.1) is 6.92 Å². The van der Waals surface area contributed by atoms with Crippen molar-refractivity contribution in [3.05, 3.63) is 46.1 Å². The largest absolute Gasteiger partial charge is 0.387 e. The summed E-state index contributed by atoms with van der Waals surface area (Å²) in [7, 11) is 1.81. The van der Waals surface area contributed by atoms with Crippen molar-refractivity contribution in [2.45, 2.75) is 6.92 Å². The average Bonchev–Trinajstić information content (AvgIpc) is 2.88. The summed E-state index contributed by atoms with van der Waals surface area (Å²) in [6.45, 7) is 1.98. The molecule has 4 aromatic rings. The first kappa shape index (κ1) is 11.2. The van der Waals surface area contributed by atoms with Crippen molar-refractivity contribution in [1.29, 1.82) is 0 Å². The summed E-state index contributed by atoms with van der Waals surface area (Å²) in [5.74, 6) is 0. The number of fused-ring (bicyclic) bond motifs is 2. The molecule has 0 aliphatic rings. The number of rotatable bonds is 1. The minimum absolute atomic E-state index is 0.0217. The van der Waals surface area contributed by atoms with Crippen LogP contribution in [-0.2, 0) is 0 Å². The molecular weight excluding hydrogens is 252 g/mol. The van der Waals surface area contributed by atoms with Gasteiger partial charge in [0.2, 0.25) is 0 Å². The third-order valence-electron chi connectivity index (χ3n) is 3.73. The average molecular weight is 264 g/mol. The Hall–Kier alpha value is -2.69. The van der Waals surface area contributed by atoms with E-state index in [-0.39, 0.29) is 5.43 Å². The lowest BCUT2D eigenvalue weighted by Gasteiger charge is -2.08. The second-order valence-corrected chi connectivity index (χ2v) is 4.96. The van der Waals surface area contributed by atoms with Gasteiger partial charge in [-0.15, -0.1) is 5.10 Å². The van der Waals surface area contributed by atoms with Crippen LogP contribution in [0.3, 0.4) is 0 Å². The molecule has 0 fully saturated rings. The maximum atomic E-state index is 12.8. The number of pyridine rings is 1. The van der Waals surface area contributed by atoms with E-state index in [1.54, 1.807) is 4.52 Å². The van der Waals surface area contributed by atoms with E-state index >= 15 is 0 Å². The zero-order valence-electron chi connectivity index (χ0n) is 11.1. The molecule has 2 aromatic carbocycles. The molecule has 0 saturated carbocycles. The summed E-state index contributed by atoms with van der Waals surface area (Å²) < 4.78 is 1.75. The summed E-state index contributed by atoms with van der Waals surface area (Å²) in [5, 5.41) is 12.7. The van der Waals surface area contributed by atoms with E-state index in [1.165, 1.54) is 0 Å². The Bertz CT molecular complexity index is 1020. The van der Waals surface area contributed by atoms with E-state index in [1.807, 2.05) is 44.3 Å². The van der Waals surface area contributed by atoms with Gasteiger partial charge in [0.05, 0.1) is 10.9 Å². The molecule has 0 spiro atoms. The van der Waals surface area contributed by atoms with Gasteiger partial charge >= 0.3 is 0 Å². The van der Waals surface area contributed by atoms with Crippen LogP contribution in [0.25, 0.3) is 27.3 Å². The van der Waals surface area contributed by atoms with Crippen LogP contribution in [0.2, 0.25) is 0 Å². The van der Waals surface area contributed by atoms with Crippen LogP contribution in [0.4, 0.5) is 5.69 Å². The Morgan fingerprint density at radius 3 is 2.85 bits per heavy atom. The Morgan fingerprint density at radius 1 is 1.20 bits per heavy atom. The molecule has 5 heteroatoms. The lowest BCUT2D eigenvalue weighted by Crippen LogP contribution is -2.09. The molecule has 0 unspecified atom stereocenters. The van der Waals surface area contributed by atoms with Crippen LogP contribution in [-0.4, -0.2) is 21.9 Å². The normalized spacial score (nSPS) is 11.7. The molecule has 5 nitrogen and oxygen atoms in total. The molecule has 0 aliphatic heterocycles. The van der Waals surface area contributed by atoms with Crippen molar-refractivity contribution in [2.75, 3.05) is 12.4 Å². The van der Waals surface area contributed by atoms with Crippen LogP contribution >= 0.6 is 0 Å². The third-order valence-corrected chi connectivity index (χ3v) is 3.73. The maximum Gasteiger partial charge on any atom is 0.199 e. The number of hydrogen-bond donors (Lipinski definition) is 1. The molecule has 0 aliphatic carbocycles. The number of anilines is 1. The van der Waals surface area contributed by atoms with Gasteiger partial charge in [0.25, 0.3) is 0 Å². The molecule has 0 atom stereocenters. The Balaban J connectivity index is 2.43. The lowest BCUT2D eigenvalue weighted by molar-refractivity contribution is 0.890. The van der Waals surface area contributed by atoms with Crippen molar-refractivity contribution >= 4 is 33.0 Å². The Kier molecular flexibility index (Phi) is 2.04. The summed E-state index contributed by atoms with van der Waals surface area (Å²) in [4.78, 5) is 12.8. The predicted octanol–water partition coefficient (Wildman–Crippen LogP) is 2.18. The second-order valence-electron chi connectivity index (χ2n) is 4.96. The molecule has 0 bridgehead atoms. The first-order valence-electron chi connectivity index (χ1n) is 6.42. The zero-order chi connectivity index (χ0) is 13.9. The van der Waals surface area contributed by atoms with Crippen molar-refractivity contribution in [3.63, 3.8) is 0 Å². The fourth-order valence-corrected chi connectivity index (χ4v) is 2.77. The number of nitrogens with zero attached hydrogens (tertiary/aromatic N) is 3. The molecule has 2 heterocycles. The Morgan fingerprint density at radius 2 is 2.05 bits per heavy atom. The van der Waals surface area contributed by atoms with Crippen LogP contribution in [0.15, 0.2) is 35.1 Å². The molecule has 0 saturated heterocycles. The zero-order valence-corrected chi connectivity index (χ0v) is 11.1. The quantitative estimate of drug-likeness (QED) is 0.535. The van der Waals surface area contributed by atoms with E-state index in [0.717, 1.165) is 27.8 Å². The van der Waals surface area contributed by atoms with Gasteiger partial charge in [-0.25, -0.2) is 4.52 Å². The van der Waals surface area contributed by atoms with Gasteiger partial charge in [-0.05, 0) is 31.2 Å². The SMILES string of the molecule is CNc1ccc2nnn3c4ccc(C)cc4c(=O)c1c23. The summed E-state index contributed by atoms with van der Waals surface area (Å²) in [6.07, 6.45) is 0. The second kappa shape index (κ2) is 3.66. The minimum atomic E-state index is 0.0217. The van der Waals surface area contributed by atoms with Crippen molar-refractivity contribution in [2.24, 2.45) is 0 Å². The van der Waals surface area contributed by atoms with E-state index in [9.17, 15) is 4.79 Å². The van der Waals surface area contributed by atoms with Gasteiger partial charge in [-0.2, -0.15) is 0 Å². The molecule has 0 amide bonds. The predicted molar refractivity (Wildman–Crippen MR) is 79.7 cm³/mol. The third kappa shape index (κ3) is 1.24. The van der Waals surface area contributed by atoms with Gasteiger partial charge in [0.1, 0.15) is 11.0 Å².